The maximum atomic E-state index is 13.2. The summed E-state index contributed by atoms with van der Waals surface area (Å²) in [4.78, 5) is 20.9. The molecule has 0 saturated heterocycles. The van der Waals surface area contributed by atoms with Gasteiger partial charge < -0.3 is 10.2 Å². The van der Waals surface area contributed by atoms with E-state index < -0.39 is 0 Å². The SMILES string of the molecule is CCCN(CCc1csc2nc(-c3ccc(C)cc3)cn12)C(=O)Nc1cccc2ccccc12. The lowest BCUT2D eigenvalue weighted by molar-refractivity contribution is 0.212. The summed E-state index contributed by atoms with van der Waals surface area (Å²) in [7, 11) is 0. The minimum absolute atomic E-state index is 0.0596. The number of rotatable bonds is 7. The highest BCUT2D eigenvalue weighted by molar-refractivity contribution is 7.15. The monoisotopic (exact) mass is 468 g/mol. The van der Waals surface area contributed by atoms with Crippen molar-refractivity contribution >= 4 is 38.8 Å². The molecule has 0 unspecified atom stereocenters. The highest BCUT2D eigenvalue weighted by Gasteiger charge is 2.16. The van der Waals surface area contributed by atoms with Crippen molar-refractivity contribution in [1.82, 2.24) is 14.3 Å². The predicted molar refractivity (Wildman–Crippen MR) is 142 cm³/mol. The van der Waals surface area contributed by atoms with Gasteiger partial charge in [0.1, 0.15) is 0 Å². The lowest BCUT2D eigenvalue weighted by Crippen LogP contribution is -2.37. The average molecular weight is 469 g/mol. The number of nitrogens with one attached hydrogen (secondary N) is 1. The molecular formula is C28H28N4OS. The number of fused-ring (bicyclic) bond motifs is 2. The van der Waals surface area contributed by atoms with Gasteiger partial charge in [-0.15, -0.1) is 11.3 Å². The number of hydrogen-bond donors (Lipinski definition) is 1. The smallest absolute Gasteiger partial charge is 0.321 e. The average Bonchev–Trinajstić information content (AvgIpc) is 3.44. The van der Waals surface area contributed by atoms with Gasteiger partial charge in [0.05, 0.1) is 11.4 Å². The van der Waals surface area contributed by atoms with Crippen LogP contribution >= 0.6 is 11.3 Å². The van der Waals surface area contributed by atoms with E-state index in [-0.39, 0.29) is 6.03 Å². The Kier molecular flexibility index (Phi) is 6.32. The largest absolute Gasteiger partial charge is 0.324 e. The van der Waals surface area contributed by atoms with Crippen LogP contribution < -0.4 is 5.32 Å². The molecule has 2 amide bonds. The van der Waals surface area contributed by atoms with E-state index in [1.165, 1.54) is 11.3 Å². The number of aromatic nitrogens is 2. The fraction of sp³-hybridized carbons (Fsp3) is 0.214. The summed E-state index contributed by atoms with van der Waals surface area (Å²) in [5.74, 6) is 0. The molecule has 172 valence electrons. The highest BCUT2D eigenvalue weighted by atomic mass is 32.1. The van der Waals surface area contributed by atoms with Gasteiger partial charge in [-0.05, 0) is 24.8 Å². The summed E-state index contributed by atoms with van der Waals surface area (Å²) in [6.07, 6.45) is 3.78. The summed E-state index contributed by atoms with van der Waals surface area (Å²) < 4.78 is 2.16. The van der Waals surface area contributed by atoms with Gasteiger partial charge in [0, 0.05) is 47.7 Å². The van der Waals surface area contributed by atoms with E-state index in [9.17, 15) is 4.79 Å². The lowest BCUT2D eigenvalue weighted by Gasteiger charge is -2.23. The zero-order chi connectivity index (χ0) is 23.5. The molecule has 0 fully saturated rings. The summed E-state index contributed by atoms with van der Waals surface area (Å²) >= 11 is 1.64. The van der Waals surface area contributed by atoms with E-state index in [2.05, 4.69) is 71.5 Å². The standard InChI is InChI=1S/C28H28N4OS/c1-3-16-31(27(33)29-25-10-6-8-21-7-4-5-9-24(21)25)17-15-23-19-34-28-30-26(18-32(23)28)22-13-11-20(2)12-14-22/h4-14,18-19H,3,15-17H2,1-2H3,(H,29,33). The minimum Gasteiger partial charge on any atom is -0.324 e. The van der Waals surface area contributed by atoms with Gasteiger partial charge in [-0.3, -0.25) is 4.40 Å². The summed E-state index contributed by atoms with van der Waals surface area (Å²) in [5, 5.41) is 7.45. The predicted octanol–water partition coefficient (Wildman–Crippen LogP) is 7.01. The van der Waals surface area contributed by atoms with Gasteiger partial charge in [-0.1, -0.05) is 73.2 Å². The van der Waals surface area contributed by atoms with Gasteiger partial charge in [0.25, 0.3) is 0 Å². The number of imidazole rings is 1. The van der Waals surface area contributed by atoms with Crippen molar-refractivity contribution in [2.45, 2.75) is 26.7 Å². The molecule has 2 aromatic heterocycles. The number of amides is 2. The molecule has 0 atom stereocenters. The zero-order valence-electron chi connectivity index (χ0n) is 19.5. The topological polar surface area (TPSA) is 49.6 Å². The third kappa shape index (κ3) is 4.54. The molecule has 6 heteroatoms. The van der Waals surface area contributed by atoms with Crippen LogP contribution in [0, 0.1) is 6.92 Å². The van der Waals surface area contributed by atoms with Crippen LogP contribution in [0.3, 0.4) is 0 Å². The molecular weight excluding hydrogens is 440 g/mol. The molecule has 0 spiro atoms. The van der Waals surface area contributed by atoms with E-state index >= 15 is 0 Å². The zero-order valence-corrected chi connectivity index (χ0v) is 20.3. The van der Waals surface area contributed by atoms with Crippen LogP contribution in [0.25, 0.3) is 27.0 Å². The molecule has 2 heterocycles. The van der Waals surface area contributed by atoms with E-state index in [0.29, 0.717) is 13.1 Å². The van der Waals surface area contributed by atoms with Crippen LogP contribution in [0.15, 0.2) is 78.3 Å². The first-order valence-electron chi connectivity index (χ1n) is 11.7. The minimum atomic E-state index is -0.0596. The molecule has 5 rings (SSSR count). The quantitative estimate of drug-likeness (QED) is 0.279. The van der Waals surface area contributed by atoms with Crippen molar-refractivity contribution in [3.63, 3.8) is 0 Å². The number of hydrogen-bond acceptors (Lipinski definition) is 3. The molecule has 0 bridgehead atoms. The Balaban J connectivity index is 1.32. The Bertz CT molecular complexity index is 1430. The van der Waals surface area contributed by atoms with Crippen molar-refractivity contribution in [3.05, 3.63) is 89.6 Å². The number of nitrogens with zero attached hydrogens (tertiary/aromatic N) is 3. The fourth-order valence-electron chi connectivity index (χ4n) is 4.24. The molecule has 0 aliphatic carbocycles. The highest BCUT2D eigenvalue weighted by Crippen LogP contribution is 2.25. The molecule has 5 nitrogen and oxygen atoms in total. The molecule has 0 saturated carbocycles. The Morgan fingerprint density at radius 1 is 1.03 bits per heavy atom. The number of carbonyl (C=O) groups is 1. The third-order valence-corrected chi connectivity index (χ3v) is 6.97. The Hall–Kier alpha value is -3.64. The van der Waals surface area contributed by atoms with E-state index in [0.717, 1.165) is 45.5 Å². The van der Waals surface area contributed by atoms with Gasteiger partial charge in [0.2, 0.25) is 0 Å². The first-order valence-corrected chi connectivity index (χ1v) is 12.6. The summed E-state index contributed by atoms with van der Waals surface area (Å²) in [6.45, 7) is 5.55. The Morgan fingerprint density at radius 3 is 2.65 bits per heavy atom. The first kappa shape index (κ1) is 22.2. The van der Waals surface area contributed by atoms with Gasteiger partial charge in [0.15, 0.2) is 4.96 Å². The maximum Gasteiger partial charge on any atom is 0.321 e. The second-order valence-electron chi connectivity index (χ2n) is 8.57. The molecule has 5 aromatic rings. The number of thiazole rings is 1. The molecule has 3 aromatic carbocycles. The number of benzene rings is 3. The van der Waals surface area contributed by atoms with Crippen LogP contribution in [-0.4, -0.2) is 33.4 Å². The summed E-state index contributed by atoms with van der Waals surface area (Å²) in [5.41, 5.74) is 5.36. The van der Waals surface area contributed by atoms with Crippen molar-refractivity contribution in [1.29, 1.82) is 0 Å². The van der Waals surface area contributed by atoms with Crippen molar-refractivity contribution < 1.29 is 4.79 Å². The van der Waals surface area contributed by atoms with Crippen LogP contribution in [0.4, 0.5) is 10.5 Å². The second kappa shape index (κ2) is 9.69. The lowest BCUT2D eigenvalue weighted by atomic mass is 10.1. The molecule has 0 aliphatic rings. The molecule has 0 aliphatic heterocycles. The maximum absolute atomic E-state index is 13.2. The number of carbonyl (C=O) groups excluding carboxylic acids is 1. The van der Waals surface area contributed by atoms with Crippen molar-refractivity contribution in [2.24, 2.45) is 0 Å². The van der Waals surface area contributed by atoms with Crippen LogP contribution in [0.2, 0.25) is 0 Å². The number of urea groups is 1. The van der Waals surface area contributed by atoms with Gasteiger partial charge in [-0.25, -0.2) is 9.78 Å². The molecule has 1 N–H and O–H groups in total. The molecule has 0 radical (unpaired) electrons. The number of anilines is 1. The van der Waals surface area contributed by atoms with E-state index in [4.69, 9.17) is 4.98 Å². The van der Waals surface area contributed by atoms with Crippen molar-refractivity contribution in [3.8, 4) is 11.3 Å². The van der Waals surface area contributed by atoms with Crippen LogP contribution in [0.5, 0.6) is 0 Å². The number of aryl methyl sites for hydroxylation is 1. The fourth-order valence-corrected chi connectivity index (χ4v) is 5.14. The van der Waals surface area contributed by atoms with Crippen molar-refractivity contribution in [2.75, 3.05) is 18.4 Å². The van der Waals surface area contributed by atoms with Crippen LogP contribution in [-0.2, 0) is 6.42 Å². The molecule has 34 heavy (non-hydrogen) atoms. The Labute approximate surface area is 203 Å². The normalized spacial score (nSPS) is 11.2. The van der Waals surface area contributed by atoms with Gasteiger partial charge in [-0.2, -0.15) is 0 Å². The van der Waals surface area contributed by atoms with E-state index in [1.54, 1.807) is 11.3 Å². The second-order valence-corrected chi connectivity index (χ2v) is 9.40. The third-order valence-electron chi connectivity index (χ3n) is 6.08. The first-order chi connectivity index (χ1) is 16.6. The van der Waals surface area contributed by atoms with E-state index in [1.807, 2.05) is 35.2 Å². The Morgan fingerprint density at radius 2 is 1.82 bits per heavy atom. The van der Waals surface area contributed by atoms with Gasteiger partial charge >= 0.3 is 6.03 Å². The summed E-state index contributed by atoms with van der Waals surface area (Å²) in [6, 6.07) is 22.5. The van der Waals surface area contributed by atoms with Crippen LogP contribution in [0.1, 0.15) is 24.6 Å².